The summed E-state index contributed by atoms with van der Waals surface area (Å²) in [7, 11) is 0. The van der Waals surface area contributed by atoms with Gasteiger partial charge in [0.1, 0.15) is 0 Å². The Balaban J connectivity index is 0. The molecule has 0 bridgehead atoms. The summed E-state index contributed by atoms with van der Waals surface area (Å²) < 4.78 is 11.2. The van der Waals surface area contributed by atoms with E-state index in [1.165, 1.54) is 11.1 Å². The number of furan rings is 1. The Bertz CT molecular complexity index is 244. The van der Waals surface area contributed by atoms with Gasteiger partial charge in [-0.1, -0.05) is 41.5 Å². The molecule has 0 N–H and O–H groups in total. The molecule has 2 nitrogen and oxygen atoms in total. The van der Waals surface area contributed by atoms with Gasteiger partial charge in [-0.15, -0.1) is 0 Å². The van der Waals surface area contributed by atoms with Crippen LogP contribution >= 0.6 is 15.9 Å². The van der Waals surface area contributed by atoms with Crippen LogP contribution in [0.1, 0.15) is 52.7 Å². The normalized spacial score (nSPS) is 11.7. The Morgan fingerprint density at radius 3 is 2.12 bits per heavy atom. The molecule has 0 radical (unpaired) electrons. The average molecular weight is 293 g/mol. The predicted molar refractivity (Wildman–Crippen MR) is 73.8 cm³/mol. The lowest BCUT2D eigenvalue weighted by atomic mass is 10.1. The fraction of sp³-hybridized carbons (Fsp3) is 0.692. The van der Waals surface area contributed by atoms with Crippen LogP contribution in [0.2, 0.25) is 0 Å². The molecule has 0 saturated carbocycles. The Hall–Kier alpha value is -0.280. The topological polar surface area (TPSA) is 22.4 Å². The minimum absolute atomic E-state index is 0.687. The minimum Gasteiger partial charge on any atom is -0.457 e. The van der Waals surface area contributed by atoms with E-state index < -0.39 is 0 Å². The number of rotatable bonds is 0. The van der Waals surface area contributed by atoms with Crippen LogP contribution in [0.3, 0.4) is 0 Å². The van der Waals surface area contributed by atoms with Crippen LogP contribution in [0, 0.1) is 0 Å². The summed E-state index contributed by atoms with van der Waals surface area (Å²) in [5.41, 5.74) is 2.45. The van der Waals surface area contributed by atoms with Crippen LogP contribution < -0.4 is 0 Å². The number of halogens is 1. The first-order valence-electron chi connectivity index (χ1n) is 6.20. The molecule has 2 heterocycles. The maximum Gasteiger partial charge on any atom is 0.174 e. The van der Waals surface area contributed by atoms with E-state index in [1.807, 2.05) is 41.5 Å². The van der Waals surface area contributed by atoms with Gasteiger partial charge >= 0.3 is 0 Å². The van der Waals surface area contributed by atoms with E-state index in [0.717, 1.165) is 17.7 Å². The van der Waals surface area contributed by atoms with Crippen molar-refractivity contribution in [2.24, 2.45) is 0 Å². The van der Waals surface area contributed by atoms with Crippen molar-refractivity contribution in [3.63, 3.8) is 0 Å². The summed E-state index contributed by atoms with van der Waals surface area (Å²) in [6.07, 6.45) is 2.77. The van der Waals surface area contributed by atoms with Gasteiger partial charge in [-0.25, -0.2) is 0 Å². The molecule has 1 aliphatic heterocycles. The van der Waals surface area contributed by atoms with Crippen LogP contribution in [0.15, 0.2) is 15.3 Å². The van der Waals surface area contributed by atoms with Crippen molar-refractivity contribution in [3.05, 3.63) is 22.1 Å². The van der Waals surface area contributed by atoms with Gasteiger partial charge in [0, 0.05) is 5.56 Å². The largest absolute Gasteiger partial charge is 0.457 e. The third-order valence-electron chi connectivity index (χ3n) is 1.69. The third kappa shape index (κ3) is 5.71. The zero-order valence-corrected chi connectivity index (χ0v) is 13.0. The van der Waals surface area contributed by atoms with Crippen LogP contribution in [-0.4, -0.2) is 6.61 Å². The molecule has 0 aliphatic carbocycles. The fourth-order valence-electron chi connectivity index (χ4n) is 1.11. The average Bonchev–Trinajstić information content (AvgIpc) is 2.79. The Morgan fingerprint density at radius 2 is 1.62 bits per heavy atom. The molecule has 96 valence electrons. The Labute approximate surface area is 109 Å². The maximum atomic E-state index is 5.25. The zero-order chi connectivity index (χ0) is 13.0. The second-order valence-electron chi connectivity index (χ2n) is 2.32. The first-order valence-corrected chi connectivity index (χ1v) is 6.99. The third-order valence-corrected chi connectivity index (χ3v) is 2.36. The monoisotopic (exact) mass is 292 g/mol. The first-order chi connectivity index (χ1) is 7.88. The minimum atomic E-state index is 0.687. The van der Waals surface area contributed by atoms with Gasteiger partial charge in [0.25, 0.3) is 0 Å². The van der Waals surface area contributed by atoms with Gasteiger partial charge in [-0.3, -0.25) is 0 Å². The maximum absolute atomic E-state index is 5.25. The van der Waals surface area contributed by atoms with Gasteiger partial charge in [0.15, 0.2) is 4.67 Å². The predicted octanol–water partition coefficient (Wildman–Crippen LogP) is 5.19. The lowest BCUT2D eigenvalue weighted by molar-refractivity contribution is 0.110. The molecule has 0 fully saturated rings. The summed E-state index contributed by atoms with van der Waals surface area (Å²) in [5.74, 6) is 0. The highest BCUT2D eigenvalue weighted by Crippen LogP contribution is 2.26. The molecule has 0 atom stereocenters. The van der Waals surface area contributed by atoms with Crippen molar-refractivity contribution < 1.29 is 9.15 Å². The van der Waals surface area contributed by atoms with Gasteiger partial charge in [-0.2, -0.15) is 0 Å². The van der Waals surface area contributed by atoms with Crippen molar-refractivity contribution in [2.45, 2.75) is 54.6 Å². The van der Waals surface area contributed by atoms with Crippen LogP contribution in [0.5, 0.6) is 0 Å². The molecule has 3 heteroatoms. The fourth-order valence-corrected chi connectivity index (χ4v) is 1.57. The van der Waals surface area contributed by atoms with Gasteiger partial charge < -0.3 is 9.15 Å². The van der Waals surface area contributed by atoms with Gasteiger partial charge in [-0.05, 0) is 27.9 Å². The molecule has 0 aromatic carbocycles. The molecule has 0 amide bonds. The van der Waals surface area contributed by atoms with Crippen LogP contribution in [0.4, 0.5) is 0 Å². The number of fused-ring (bicyclic) bond motifs is 1. The molecule has 2 rings (SSSR count). The van der Waals surface area contributed by atoms with Gasteiger partial charge in [0.05, 0.1) is 19.5 Å². The molecule has 1 aromatic heterocycles. The molecule has 0 spiro atoms. The highest BCUT2D eigenvalue weighted by atomic mass is 79.9. The van der Waals surface area contributed by atoms with Gasteiger partial charge in [0.2, 0.25) is 0 Å². The summed E-state index contributed by atoms with van der Waals surface area (Å²) >= 11 is 3.31. The Kier molecular flexibility index (Phi) is 14.5. The van der Waals surface area contributed by atoms with E-state index in [4.69, 9.17) is 9.15 Å². The van der Waals surface area contributed by atoms with E-state index in [-0.39, 0.29) is 0 Å². The van der Waals surface area contributed by atoms with E-state index >= 15 is 0 Å². The number of hydrogen-bond acceptors (Lipinski definition) is 2. The summed E-state index contributed by atoms with van der Waals surface area (Å²) in [5, 5.41) is 0. The molecular formula is C13H25BrO2. The van der Waals surface area contributed by atoms with E-state index in [1.54, 1.807) is 6.26 Å². The van der Waals surface area contributed by atoms with Crippen molar-refractivity contribution in [3.8, 4) is 0 Å². The summed E-state index contributed by atoms with van der Waals surface area (Å²) in [6, 6.07) is 0. The highest BCUT2D eigenvalue weighted by molar-refractivity contribution is 9.10. The molecule has 1 aliphatic rings. The Morgan fingerprint density at radius 1 is 1.06 bits per heavy atom. The standard InChI is InChI=1S/C7H7BrO2.3C2H6/c8-7-6-4-9-2-1-5(6)3-10-7;3*1-2/h3H,1-2,4H2;3*1-2H3. The second-order valence-corrected chi connectivity index (χ2v) is 3.04. The van der Waals surface area contributed by atoms with Crippen LogP contribution in [0.25, 0.3) is 0 Å². The number of hydrogen-bond donors (Lipinski definition) is 0. The quantitative estimate of drug-likeness (QED) is 0.656. The van der Waals surface area contributed by atoms with E-state index in [2.05, 4.69) is 15.9 Å². The summed E-state index contributed by atoms with van der Waals surface area (Å²) in [6.45, 7) is 13.5. The first kappa shape index (κ1) is 18.1. The molecular weight excluding hydrogens is 268 g/mol. The summed E-state index contributed by atoms with van der Waals surface area (Å²) in [4.78, 5) is 0. The van der Waals surface area contributed by atoms with Crippen molar-refractivity contribution in [1.29, 1.82) is 0 Å². The smallest absolute Gasteiger partial charge is 0.174 e. The van der Waals surface area contributed by atoms with E-state index in [0.29, 0.717) is 6.61 Å². The molecule has 16 heavy (non-hydrogen) atoms. The lowest BCUT2D eigenvalue weighted by Crippen LogP contribution is -2.07. The van der Waals surface area contributed by atoms with Crippen molar-refractivity contribution >= 4 is 15.9 Å². The molecule has 0 saturated heterocycles. The zero-order valence-electron chi connectivity index (χ0n) is 11.4. The number of ether oxygens (including phenoxy) is 1. The van der Waals surface area contributed by atoms with E-state index in [9.17, 15) is 0 Å². The van der Waals surface area contributed by atoms with Crippen molar-refractivity contribution in [2.75, 3.05) is 6.61 Å². The SMILES string of the molecule is Brc1occ2c1COCC2.CC.CC.CC. The lowest BCUT2D eigenvalue weighted by Gasteiger charge is -2.10. The second kappa shape index (κ2) is 12.8. The van der Waals surface area contributed by atoms with Crippen LogP contribution in [-0.2, 0) is 17.8 Å². The molecule has 1 aromatic rings. The highest BCUT2D eigenvalue weighted by Gasteiger charge is 2.15. The molecule has 0 unspecified atom stereocenters. The van der Waals surface area contributed by atoms with Crippen molar-refractivity contribution in [1.82, 2.24) is 0 Å².